The zero-order valence-corrected chi connectivity index (χ0v) is 13.2. The molecule has 0 unspecified atom stereocenters. The van der Waals surface area contributed by atoms with Gasteiger partial charge in [0.05, 0.1) is 0 Å². The summed E-state index contributed by atoms with van der Waals surface area (Å²) in [5.74, 6) is 0.449. The van der Waals surface area contributed by atoms with E-state index in [-0.39, 0.29) is 0 Å². The van der Waals surface area contributed by atoms with Gasteiger partial charge in [-0.05, 0) is 40.5 Å². The number of benzene rings is 3. The zero-order valence-electron chi connectivity index (χ0n) is 13.2. The highest BCUT2D eigenvalue weighted by atomic mass is 16.5. The Balaban J connectivity index is 1.62. The van der Waals surface area contributed by atoms with Crippen LogP contribution in [0.15, 0.2) is 71.1 Å². The predicted molar refractivity (Wildman–Crippen MR) is 98.2 cm³/mol. The third kappa shape index (κ3) is 3.13. The Bertz CT molecular complexity index is 1010. The third-order valence-corrected chi connectivity index (χ3v) is 4.07. The van der Waals surface area contributed by atoms with Crippen LogP contribution < -0.4 is 15.8 Å². The van der Waals surface area contributed by atoms with Crippen molar-refractivity contribution >= 4 is 47.1 Å². The van der Waals surface area contributed by atoms with Crippen LogP contribution in [-0.4, -0.2) is 29.3 Å². The Kier molecular flexibility index (Phi) is 3.97. The first-order valence-corrected chi connectivity index (χ1v) is 7.83. The SMILES string of the molecule is OB(O)c1ccc2ccc(OB(O)c3cc4ccccc4o3)cc2c1. The molecule has 5 nitrogen and oxygen atoms in total. The summed E-state index contributed by atoms with van der Waals surface area (Å²) in [6.07, 6.45) is 0. The fraction of sp³-hybridized carbons (Fsp3) is 0. The van der Waals surface area contributed by atoms with Crippen LogP contribution in [0.25, 0.3) is 21.7 Å². The Morgan fingerprint density at radius 1 is 0.760 bits per heavy atom. The van der Waals surface area contributed by atoms with E-state index in [4.69, 9.17) is 9.07 Å². The molecule has 0 amide bonds. The summed E-state index contributed by atoms with van der Waals surface area (Å²) >= 11 is 0. The molecule has 0 saturated carbocycles. The minimum Gasteiger partial charge on any atom is -0.531 e. The van der Waals surface area contributed by atoms with Gasteiger partial charge in [0.1, 0.15) is 11.3 Å². The van der Waals surface area contributed by atoms with Crippen molar-refractivity contribution in [1.29, 1.82) is 0 Å². The largest absolute Gasteiger partial charge is 0.598 e. The summed E-state index contributed by atoms with van der Waals surface area (Å²) < 4.78 is 11.2. The smallest absolute Gasteiger partial charge is 0.531 e. The van der Waals surface area contributed by atoms with Crippen LogP contribution in [0.5, 0.6) is 5.75 Å². The second-order valence-electron chi connectivity index (χ2n) is 5.80. The molecule has 0 saturated heterocycles. The van der Waals surface area contributed by atoms with E-state index in [1.807, 2.05) is 30.3 Å². The van der Waals surface area contributed by atoms with E-state index >= 15 is 0 Å². The van der Waals surface area contributed by atoms with Crippen LogP contribution in [0, 0.1) is 0 Å². The van der Waals surface area contributed by atoms with Gasteiger partial charge in [-0.25, -0.2) is 0 Å². The molecule has 4 rings (SSSR count). The van der Waals surface area contributed by atoms with Crippen LogP contribution in [-0.2, 0) is 0 Å². The molecule has 0 radical (unpaired) electrons. The molecule has 25 heavy (non-hydrogen) atoms. The van der Waals surface area contributed by atoms with Crippen molar-refractivity contribution < 1.29 is 24.1 Å². The Morgan fingerprint density at radius 2 is 1.56 bits per heavy atom. The Hall–Kier alpha value is -2.73. The maximum absolute atomic E-state index is 10.3. The van der Waals surface area contributed by atoms with Crippen molar-refractivity contribution in [3.8, 4) is 5.75 Å². The number of hydrogen-bond acceptors (Lipinski definition) is 5. The molecule has 0 spiro atoms. The second-order valence-corrected chi connectivity index (χ2v) is 5.80. The van der Waals surface area contributed by atoms with Crippen LogP contribution in [0.4, 0.5) is 0 Å². The van der Waals surface area contributed by atoms with E-state index in [0.29, 0.717) is 22.5 Å². The standard InChI is InChI=1S/C18H14B2O5/c21-19(22)15-7-5-12-6-8-16(10-14(12)9-15)25-20(23)18-11-13-3-1-2-4-17(13)24-18/h1-11,21-23H. The second kappa shape index (κ2) is 6.29. The summed E-state index contributed by atoms with van der Waals surface area (Å²) in [7, 11) is -2.77. The highest BCUT2D eigenvalue weighted by Gasteiger charge is 2.24. The van der Waals surface area contributed by atoms with Gasteiger partial charge in [-0.15, -0.1) is 0 Å². The molecular formula is C18H14B2O5. The highest BCUT2D eigenvalue weighted by Crippen LogP contribution is 2.21. The Labute approximate surface area is 144 Å². The monoisotopic (exact) mass is 332 g/mol. The lowest BCUT2D eigenvalue weighted by molar-refractivity contribution is 0.420. The van der Waals surface area contributed by atoms with Gasteiger partial charge in [0.15, 0.2) is 5.66 Å². The first kappa shape index (κ1) is 15.8. The van der Waals surface area contributed by atoms with Crippen molar-refractivity contribution in [3.63, 3.8) is 0 Å². The lowest BCUT2D eigenvalue weighted by Crippen LogP contribution is -2.35. The molecule has 4 aromatic rings. The van der Waals surface area contributed by atoms with Crippen LogP contribution in [0.2, 0.25) is 0 Å². The summed E-state index contributed by atoms with van der Waals surface area (Å²) in [6.45, 7) is 0. The van der Waals surface area contributed by atoms with Crippen molar-refractivity contribution in [2.45, 2.75) is 0 Å². The fourth-order valence-corrected chi connectivity index (χ4v) is 2.79. The highest BCUT2D eigenvalue weighted by molar-refractivity contribution is 6.59. The summed E-state index contributed by atoms with van der Waals surface area (Å²) in [4.78, 5) is 0. The first-order valence-electron chi connectivity index (χ1n) is 7.83. The lowest BCUT2D eigenvalue weighted by atomic mass is 9.79. The normalized spacial score (nSPS) is 11.0. The van der Waals surface area contributed by atoms with Gasteiger partial charge >= 0.3 is 14.2 Å². The van der Waals surface area contributed by atoms with Crippen LogP contribution >= 0.6 is 0 Å². The van der Waals surface area contributed by atoms with Crippen molar-refractivity contribution in [2.24, 2.45) is 0 Å². The predicted octanol–water partition coefficient (Wildman–Crippen LogP) is 1.03. The quantitative estimate of drug-likeness (QED) is 0.487. The molecule has 3 N–H and O–H groups in total. The maximum atomic E-state index is 10.3. The van der Waals surface area contributed by atoms with Gasteiger partial charge in [0, 0.05) is 5.39 Å². The van der Waals surface area contributed by atoms with E-state index in [9.17, 15) is 15.1 Å². The van der Waals surface area contributed by atoms with E-state index in [2.05, 4.69) is 0 Å². The van der Waals surface area contributed by atoms with Crippen molar-refractivity contribution in [3.05, 3.63) is 66.7 Å². The first-order chi connectivity index (χ1) is 12.1. The number of para-hydroxylation sites is 1. The average molecular weight is 332 g/mol. The van der Waals surface area contributed by atoms with Gasteiger partial charge in [-0.3, -0.25) is 0 Å². The number of fused-ring (bicyclic) bond motifs is 2. The van der Waals surface area contributed by atoms with Gasteiger partial charge in [0.25, 0.3) is 0 Å². The molecule has 0 aliphatic rings. The zero-order chi connectivity index (χ0) is 17.4. The summed E-state index contributed by atoms with van der Waals surface area (Å²) in [5, 5.41) is 31.5. The van der Waals surface area contributed by atoms with Crippen molar-refractivity contribution in [1.82, 2.24) is 0 Å². The van der Waals surface area contributed by atoms with Crippen LogP contribution in [0.1, 0.15) is 0 Å². The van der Waals surface area contributed by atoms with E-state index in [1.165, 1.54) is 0 Å². The van der Waals surface area contributed by atoms with Gasteiger partial charge in [0.2, 0.25) is 0 Å². The van der Waals surface area contributed by atoms with E-state index in [1.54, 1.807) is 36.4 Å². The van der Waals surface area contributed by atoms with Gasteiger partial charge in [-0.1, -0.05) is 42.5 Å². The summed E-state index contributed by atoms with van der Waals surface area (Å²) in [6, 6.07) is 19.6. The van der Waals surface area contributed by atoms with Gasteiger partial charge < -0.3 is 24.1 Å². The molecule has 3 aromatic carbocycles. The minimum absolute atomic E-state index is 0.320. The number of furan rings is 1. The van der Waals surface area contributed by atoms with Gasteiger partial charge in [-0.2, -0.15) is 0 Å². The molecule has 0 aliphatic heterocycles. The van der Waals surface area contributed by atoms with Crippen molar-refractivity contribution in [2.75, 3.05) is 0 Å². The number of hydrogen-bond donors (Lipinski definition) is 3. The average Bonchev–Trinajstić information content (AvgIpc) is 3.05. The molecule has 0 bridgehead atoms. The molecular weight excluding hydrogens is 318 g/mol. The fourth-order valence-electron chi connectivity index (χ4n) is 2.79. The molecule has 122 valence electrons. The molecule has 0 atom stereocenters. The molecule has 0 fully saturated rings. The minimum atomic E-state index is -1.53. The van der Waals surface area contributed by atoms with Crippen LogP contribution in [0.3, 0.4) is 0 Å². The third-order valence-electron chi connectivity index (χ3n) is 4.07. The lowest BCUT2D eigenvalue weighted by Gasteiger charge is -2.09. The van der Waals surface area contributed by atoms with E-state index in [0.717, 1.165) is 16.2 Å². The number of rotatable bonds is 4. The Morgan fingerprint density at radius 3 is 2.36 bits per heavy atom. The van der Waals surface area contributed by atoms with E-state index < -0.39 is 14.2 Å². The summed E-state index contributed by atoms with van der Waals surface area (Å²) in [5.41, 5.74) is 1.39. The topological polar surface area (TPSA) is 83.1 Å². The molecule has 1 aromatic heterocycles. The molecule has 1 heterocycles. The molecule has 0 aliphatic carbocycles. The maximum Gasteiger partial charge on any atom is 0.598 e. The molecule has 7 heteroatoms.